The zero-order valence-corrected chi connectivity index (χ0v) is 8.05. The molecule has 2 N–H and O–H groups in total. The van der Waals surface area contributed by atoms with E-state index in [1.54, 1.807) is 48.7 Å². The summed E-state index contributed by atoms with van der Waals surface area (Å²) in [6, 6.07) is 12.1. The highest BCUT2D eigenvalue weighted by atomic mass is 16.1. The van der Waals surface area contributed by atoms with Gasteiger partial charge in [0, 0.05) is 17.4 Å². The summed E-state index contributed by atoms with van der Waals surface area (Å²) in [5.41, 5.74) is 7.18. The third kappa shape index (κ3) is 2.02. The predicted molar refractivity (Wildman–Crippen MR) is 58.5 cm³/mol. The first-order chi connectivity index (χ1) is 7.27. The first-order valence-electron chi connectivity index (χ1n) is 4.58. The minimum atomic E-state index is -0.108. The molecule has 0 aliphatic heterocycles. The number of carbonyl (C=O) groups is 1. The predicted octanol–water partition coefficient (Wildman–Crippen LogP) is 1.89. The maximum absolute atomic E-state index is 11.9. The molecule has 0 atom stereocenters. The number of carbonyl (C=O) groups excluding carboxylic acids is 1. The Bertz CT molecular complexity index is 480. The number of hydrogen-bond donors (Lipinski definition) is 1. The maximum atomic E-state index is 11.9. The lowest BCUT2D eigenvalue weighted by atomic mass is 10.1. The topological polar surface area (TPSA) is 56.0 Å². The molecule has 0 saturated heterocycles. The first kappa shape index (κ1) is 9.40. The molecule has 1 aromatic carbocycles. The van der Waals surface area contributed by atoms with Gasteiger partial charge in [0.25, 0.3) is 0 Å². The second kappa shape index (κ2) is 3.92. The van der Waals surface area contributed by atoms with Crippen LogP contribution < -0.4 is 5.73 Å². The lowest BCUT2D eigenvalue weighted by molar-refractivity contribution is 0.103. The van der Waals surface area contributed by atoms with Crippen LogP contribution in [0.1, 0.15) is 16.1 Å². The van der Waals surface area contributed by atoms with Gasteiger partial charge >= 0.3 is 0 Å². The van der Waals surface area contributed by atoms with Crippen molar-refractivity contribution >= 4 is 11.5 Å². The van der Waals surface area contributed by atoms with Gasteiger partial charge in [-0.25, -0.2) is 0 Å². The van der Waals surface area contributed by atoms with Crippen LogP contribution in [0.25, 0.3) is 0 Å². The molecule has 2 aromatic rings. The van der Waals surface area contributed by atoms with Crippen LogP contribution in [-0.4, -0.2) is 10.8 Å². The molecule has 3 heteroatoms. The first-order valence-corrected chi connectivity index (χ1v) is 4.58. The Morgan fingerprint density at radius 1 is 1.13 bits per heavy atom. The number of aromatic nitrogens is 1. The van der Waals surface area contributed by atoms with Crippen LogP contribution in [0.15, 0.2) is 48.7 Å². The Morgan fingerprint density at radius 2 is 2.00 bits per heavy atom. The van der Waals surface area contributed by atoms with Gasteiger partial charge in [-0.1, -0.05) is 18.2 Å². The van der Waals surface area contributed by atoms with Gasteiger partial charge in [-0.05, 0) is 24.3 Å². The van der Waals surface area contributed by atoms with Gasteiger partial charge in [0.1, 0.15) is 5.69 Å². The number of hydrogen-bond acceptors (Lipinski definition) is 3. The Hall–Kier alpha value is -2.16. The number of pyridine rings is 1. The number of nitrogens with two attached hydrogens (primary N) is 1. The summed E-state index contributed by atoms with van der Waals surface area (Å²) >= 11 is 0. The van der Waals surface area contributed by atoms with Gasteiger partial charge in [-0.2, -0.15) is 0 Å². The van der Waals surface area contributed by atoms with Crippen molar-refractivity contribution in [3.05, 3.63) is 59.9 Å². The molecule has 0 bridgehead atoms. The van der Waals surface area contributed by atoms with Crippen molar-refractivity contribution in [2.45, 2.75) is 0 Å². The summed E-state index contributed by atoms with van der Waals surface area (Å²) < 4.78 is 0. The van der Waals surface area contributed by atoms with Crippen molar-refractivity contribution in [1.29, 1.82) is 0 Å². The highest BCUT2D eigenvalue weighted by Gasteiger charge is 2.09. The van der Waals surface area contributed by atoms with Crippen molar-refractivity contribution in [3.8, 4) is 0 Å². The molecule has 2 rings (SSSR count). The van der Waals surface area contributed by atoms with Gasteiger partial charge in [-0.3, -0.25) is 9.78 Å². The fourth-order valence-electron chi connectivity index (χ4n) is 1.32. The lowest BCUT2D eigenvalue weighted by Gasteiger charge is -2.00. The van der Waals surface area contributed by atoms with Gasteiger partial charge < -0.3 is 5.73 Å². The number of nitrogens with zero attached hydrogens (tertiary/aromatic N) is 1. The molecule has 0 amide bonds. The summed E-state index contributed by atoms with van der Waals surface area (Å²) in [5.74, 6) is -0.108. The Morgan fingerprint density at radius 3 is 2.67 bits per heavy atom. The normalized spacial score (nSPS) is 9.87. The van der Waals surface area contributed by atoms with Gasteiger partial charge in [0.05, 0.1) is 0 Å². The zero-order chi connectivity index (χ0) is 10.7. The van der Waals surface area contributed by atoms with Gasteiger partial charge in [-0.15, -0.1) is 0 Å². The molecule has 1 heterocycles. The second-order valence-corrected chi connectivity index (χ2v) is 3.17. The highest BCUT2D eigenvalue weighted by molar-refractivity contribution is 6.08. The molecule has 74 valence electrons. The van der Waals surface area contributed by atoms with E-state index in [0.717, 1.165) is 0 Å². The van der Waals surface area contributed by atoms with Crippen molar-refractivity contribution in [1.82, 2.24) is 4.98 Å². The van der Waals surface area contributed by atoms with Gasteiger partial charge in [0.2, 0.25) is 5.78 Å². The highest BCUT2D eigenvalue weighted by Crippen LogP contribution is 2.10. The molecule has 1 aromatic heterocycles. The van der Waals surface area contributed by atoms with E-state index in [2.05, 4.69) is 4.98 Å². The number of ketones is 1. The van der Waals surface area contributed by atoms with Crippen LogP contribution >= 0.6 is 0 Å². The molecular weight excluding hydrogens is 188 g/mol. The molecule has 15 heavy (non-hydrogen) atoms. The van der Waals surface area contributed by atoms with Crippen LogP contribution in [0.3, 0.4) is 0 Å². The molecule has 0 aliphatic rings. The minimum absolute atomic E-state index is 0.108. The second-order valence-electron chi connectivity index (χ2n) is 3.17. The summed E-state index contributed by atoms with van der Waals surface area (Å²) in [7, 11) is 0. The van der Waals surface area contributed by atoms with Crippen molar-refractivity contribution in [2.75, 3.05) is 5.73 Å². The van der Waals surface area contributed by atoms with E-state index in [1.807, 2.05) is 0 Å². The number of benzene rings is 1. The number of rotatable bonds is 2. The van der Waals surface area contributed by atoms with Crippen LogP contribution in [0.4, 0.5) is 5.69 Å². The smallest absolute Gasteiger partial charge is 0.211 e. The van der Waals surface area contributed by atoms with E-state index in [4.69, 9.17) is 5.73 Å². The molecule has 0 unspecified atom stereocenters. The molecule has 0 fully saturated rings. The number of nitrogen functional groups attached to an aromatic ring is 1. The SMILES string of the molecule is Nc1cccc(C(=O)c2ccccn2)c1. The fraction of sp³-hybridized carbons (Fsp3) is 0. The number of anilines is 1. The average Bonchev–Trinajstić information content (AvgIpc) is 2.29. The molecule has 0 saturated carbocycles. The average molecular weight is 198 g/mol. The summed E-state index contributed by atoms with van der Waals surface area (Å²) in [6.07, 6.45) is 1.60. The van der Waals surface area contributed by atoms with Crippen LogP contribution in [0.2, 0.25) is 0 Å². The van der Waals surface area contributed by atoms with Crippen LogP contribution in [0.5, 0.6) is 0 Å². The van der Waals surface area contributed by atoms with Crippen molar-refractivity contribution in [3.63, 3.8) is 0 Å². The fourth-order valence-corrected chi connectivity index (χ4v) is 1.32. The Balaban J connectivity index is 2.37. The minimum Gasteiger partial charge on any atom is -0.399 e. The molecule has 3 nitrogen and oxygen atoms in total. The van der Waals surface area contributed by atoms with Crippen LogP contribution in [-0.2, 0) is 0 Å². The van der Waals surface area contributed by atoms with Gasteiger partial charge in [0.15, 0.2) is 0 Å². The van der Waals surface area contributed by atoms with Crippen LogP contribution in [0, 0.1) is 0 Å². The summed E-state index contributed by atoms with van der Waals surface area (Å²) in [6.45, 7) is 0. The van der Waals surface area contributed by atoms with E-state index in [0.29, 0.717) is 16.9 Å². The summed E-state index contributed by atoms with van der Waals surface area (Å²) in [4.78, 5) is 15.9. The largest absolute Gasteiger partial charge is 0.399 e. The quantitative estimate of drug-likeness (QED) is 0.592. The van der Waals surface area contributed by atoms with E-state index in [1.165, 1.54) is 0 Å². The van der Waals surface area contributed by atoms with E-state index in [-0.39, 0.29) is 5.78 Å². The van der Waals surface area contributed by atoms with E-state index in [9.17, 15) is 4.79 Å². The molecule has 0 radical (unpaired) electrons. The third-order valence-corrected chi connectivity index (χ3v) is 2.05. The Labute approximate surface area is 87.6 Å². The monoisotopic (exact) mass is 198 g/mol. The van der Waals surface area contributed by atoms with Crippen molar-refractivity contribution in [2.24, 2.45) is 0 Å². The molecule has 0 spiro atoms. The molecule has 0 aliphatic carbocycles. The zero-order valence-electron chi connectivity index (χ0n) is 8.05. The van der Waals surface area contributed by atoms with E-state index >= 15 is 0 Å². The maximum Gasteiger partial charge on any atom is 0.211 e. The van der Waals surface area contributed by atoms with E-state index < -0.39 is 0 Å². The standard InChI is InChI=1S/C12H10N2O/c13-10-5-3-4-9(8-10)12(15)11-6-1-2-7-14-11/h1-8H,13H2. The third-order valence-electron chi connectivity index (χ3n) is 2.05. The van der Waals surface area contributed by atoms with Crippen molar-refractivity contribution < 1.29 is 4.79 Å². The molecular formula is C12H10N2O. The Kier molecular flexibility index (Phi) is 2.46. The lowest BCUT2D eigenvalue weighted by Crippen LogP contribution is -2.03. The summed E-state index contributed by atoms with van der Waals surface area (Å²) in [5, 5.41) is 0.